The average Bonchev–Trinajstić information content (AvgIpc) is 3.25. The zero-order valence-corrected chi connectivity index (χ0v) is 18.0. The third-order valence-corrected chi connectivity index (χ3v) is 7.59. The normalized spacial score (nSPS) is 20.8. The molecule has 0 amide bonds. The Bertz CT molecular complexity index is 986. The summed E-state index contributed by atoms with van der Waals surface area (Å²) in [7, 11) is -3.43. The number of alkyl halides is 3. The van der Waals surface area contributed by atoms with Crippen LogP contribution in [0.2, 0.25) is 0 Å². The van der Waals surface area contributed by atoms with Crippen LogP contribution in [-0.2, 0) is 21.4 Å². The third kappa shape index (κ3) is 5.90. The van der Waals surface area contributed by atoms with Crippen LogP contribution in [-0.4, -0.2) is 49.7 Å². The number of carboxylic acid groups (broad SMARTS) is 1. The molecule has 1 atom stereocenters. The molecule has 2 fully saturated rings. The first-order chi connectivity index (χ1) is 15.0. The Hall–Kier alpha value is -2.37. The van der Waals surface area contributed by atoms with Gasteiger partial charge in [-0.15, -0.1) is 0 Å². The molecule has 1 aromatic heterocycles. The Morgan fingerprint density at radius 2 is 1.78 bits per heavy atom. The molecule has 1 aliphatic heterocycles. The first kappa shape index (κ1) is 24.3. The number of carbonyl (C=O) groups is 1. The van der Waals surface area contributed by atoms with Gasteiger partial charge in [0.15, 0.2) is 0 Å². The highest BCUT2D eigenvalue weighted by atomic mass is 32.2. The molecule has 2 aromatic rings. The standard InChI is InChI=1S/C19H24N2O3S.C2HF3O2/c22-25(23,17-4-2-1-3-5-17)20-18-6-8-19(18)9-11-21(12-10-19)14-16-7-13-24-15-16;3-2(4,5)1(6)7/h1-5,7,13,15,18,20H,6,8-12,14H2;(H,6,7). The van der Waals surface area contributed by atoms with E-state index in [2.05, 4.69) is 9.62 Å². The number of piperidine rings is 1. The molecule has 1 saturated carbocycles. The molecule has 1 aliphatic carbocycles. The molecular formula is C21H25F3N2O5S. The van der Waals surface area contributed by atoms with Gasteiger partial charge in [0, 0.05) is 18.2 Å². The van der Waals surface area contributed by atoms with Crippen molar-refractivity contribution in [1.82, 2.24) is 9.62 Å². The highest BCUT2D eigenvalue weighted by molar-refractivity contribution is 7.89. The van der Waals surface area contributed by atoms with Crippen LogP contribution in [0.1, 0.15) is 31.2 Å². The molecule has 11 heteroatoms. The SMILES string of the molecule is O=C(O)C(F)(F)F.O=S(=O)(NC1CCC12CCN(Cc1ccoc1)CC2)c1ccccc1. The fourth-order valence-corrected chi connectivity index (χ4v) is 5.53. The van der Waals surface area contributed by atoms with E-state index in [1.165, 1.54) is 5.56 Å². The van der Waals surface area contributed by atoms with E-state index in [0.29, 0.717) is 4.90 Å². The maximum absolute atomic E-state index is 12.6. The number of hydrogen-bond donors (Lipinski definition) is 2. The number of halogens is 3. The molecule has 0 radical (unpaired) electrons. The van der Waals surface area contributed by atoms with Crippen molar-refractivity contribution in [3.8, 4) is 0 Å². The van der Waals surface area contributed by atoms with Crippen molar-refractivity contribution in [1.29, 1.82) is 0 Å². The van der Waals surface area contributed by atoms with Crippen LogP contribution in [0.15, 0.2) is 58.2 Å². The summed E-state index contributed by atoms with van der Waals surface area (Å²) in [5.41, 5.74) is 1.33. The van der Waals surface area contributed by atoms with Gasteiger partial charge >= 0.3 is 12.1 Å². The Morgan fingerprint density at radius 1 is 1.16 bits per heavy atom. The van der Waals surface area contributed by atoms with E-state index in [0.717, 1.165) is 45.3 Å². The number of nitrogens with one attached hydrogen (secondary N) is 1. The van der Waals surface area contributed by atoms with Crippen molar-refractivity contribution >= 4 is 16.0 Å². The van der Waals surface area contributed by atoms with E-state index < -0.39 is 22.2 Å². The minimum absolute atomic E-state index is 0.0637. The quantitative estimate of drug-likeness (QED) is 0.687. The number of aliphatic carboxylic acids is 1. The maximum atomic E-state index is 12.6. The minimum Gasteiger partial charge on any atom is -0.475 e. The van der Waals surface area contributed by atoms with E-state index in [4.69, 9.17) is 14.3 Å². The largest absolute Gasteiger partial charge is 0.490 e. The highest BCUT2D eigenvalue weighted by Gasteiger charge is 2.49. The fraction of sp³-hybridized carbons (Fsp3) is 0.476. The first-order valence-electron chi connectivity index (χ1n) is 10.1. The third-order valence-electron chi connectivity index (χ3n) is 6.10. The van der Waals surface area contributed by atoms with Crippen molar-refractivity contribution in [2.24, 2.45) is 5.41 Å². The number of sulfonamides is 1. The summed E-state index contributed by atoms with van der Waals surface area (Å²) in [5, 5.41) is 7.12. The van der Waals surface area contributed by atoms with Crippen LogP contribution in [0, 0.1) is 5.41 Å². The summed E-state index contributed by atoms with van der Waals surface area (Å²) in [6.07, 6.45) is 2.58. The summed E-state index contributed by atoms with van der Waals surface area (Å²) < 4.78 is 65.1. The number of likely N-dealkylation sites (tertiary alicyclic amines) is 1. The average molecular weight is 475 g/mol. The van der Waals surface area contributed by atoms with Crippen LogP contribution in [0.3, 0.4) is 0 Å². The summed E-state index contributed by atoms with van der Waals surface area (Å²) >= 11 is 0. The molecule has 2 N–H and O–H groups in total. The molecule has 2 heterocycles. The fourth-order valence-electron chi connectivity index (χ4n) is 4.13. The van der Waals surface area contributed by atoms with Crippen molar-refractivity contribution in [2.75, 3.05) is 13.1 Å². The lowest BCUT2D eigenvalue weighted by Gasteiger charge is -2.54. The van der Waals surface area contributed by atoms with Crippen molar-refractivity contribution in [3.05, 3.63) is 54.5 Å². The number of rotatable bonds is 5. The molecule has 1 saturated heterocycles. The van der Waals surface area contributed by atoms with Gasteiger partial charge in [-0.2, -0.15) is 13.2 Å². The van der Waals surface area contributed by atoms with Gasteiger partial charge in [0.1, 0.15) is 0 Å². The highest BCUT2D eigenvalue weighted by Crippen LogP contribution is 2.49. The molecule has 32 heavy (non-hydrogen) atoms. The van der Waals surface area contributed by atoms with Gasteiger partial charge in [-0.05, 0) is 62.4 Å². The second-order valence-electron chi connectivity index (χ2n) is 8.10. The molecule has 7 nitrogen and oxygen atoms in total. The monoisotopic (exact) mass is 474 g/mol. The van der Waals surface area contributed by atoms with Crippen LogP contribution in [0.5, 0.6) is 0 Å². The van der Waals surface area contributed by atoms with Crippen molar-refractivity contribution < 1.29 is 35.9 Å². The Labute approximate surface area is 184 Å². The van der Waals surface area contributed by atoms with Gasteiger partial charge in [-0.25, -0.2) is 17.9 Å². The lowest BCUT2D eigenvalue weighted by molar-refractivity contribution is -0.192. The Kier molecular flexibility index (Phi) is 7.31. The van der Waals surface area contributed by atoms with Crippen LogP contribution < -0.4 is 4.72 Å². The second-order valence-corrected chi connectivity index (χ2v) is 9.81. The lowest BCUT2D eigenvalue weighted by Crippen LogP contribution is -2.58. The van der Waals surface area contributed by atoms with Gasteiger partial charge in [-0.3, -0.25) is 4.90 Å². The maximum Gasteiger partial charge on any atom is 0.490 e. The van der Waals surface area contributed by atoms with Crippen LogP contribution in [0.4, 0.5) is 13.2 Å². The van der Waals surface area contributed by atoms with Gasteiger partial charge < -0.3 is 9.52 Å². The zero-order chi connectivity index (χ0) is 23.4. The Balaban J connectivity index is 0.000000360. The van der Waals surface area contributed by atoms with Crippen LogP contribution >= 0.6 is 0 Å². The minimum atomic E-state index is -5.08. The summed E-state index contributed by atoms with van der Waals surface area (Å²) in [6.45, 7) is 2.93. The lowest BCUT2D eigenvalue weighted by atomic mass is 9.59. The topological polar surface area (TPSA) is 99.8 Å². The summed E-state index contributed by atoms with van der Waals surface area (Å²) in [4.78, 5) is 11.7. The molecule has 0 bridgehead atoms. The van der Waals surface area contributed by atoms with Crippen LogP contribution in [0.25, 0.3) is 0 Å². The van der Waals surface area contributed by atoms with Gasteiger partial charge in [0.05, 0.1) is 17.4 Å². The van der Waals surface area contributed by atoms with Gasteiger partial charge in [0.25, 0.3) is 0 Å². The number of carboxylic acids is 1. The van der Waals surface area contributed by atoms with Crippen molar-refractivity contribution in [2.45, 2.75) is 49.3 Å². The predicted molar refractivity (Wildman–Crippen MR) is 109 cm³/mol. The first-order valence-corrected chi connectivity index (χ1v) is 11.6. The molecule has 1 aromatic carbocycles. The Morgan fingerprint density at radius 3 is 2.25 bits per heavy atom. The molecule has 1 spiro atoms. The number of furan rings is 1. The van der Waals surface area contributed by atoms with Gasteiger partial charge in [0.2, 0.25) is 10.0 Å². The molecule has 1 unspecified atom stereocenters. The van der Waals surface area contributed by atoms with E-state index >= 15 is 0 Å². The number of hydrogen-bond acceptors (Lipinski definition) is 5. The second kappa shape index (κ2) is 9.63. The smallest absolute Gasteiger partial charge is 0.475 e. The summed E-state index contributed by atoms with van der Waals surface area (Å²) in [6, 6.07) is 10.7. The molecule has 176 valence electrons. The van der Waals surface area contributed by atoms with E-state index in [9.17, 15) is 21.6 Å². The molecular weight excluding hydrogens is 449 g/mol. The van der Waals surface area contributed by atoms with E-state index in [1.54, 1.807) is 36.8 Å². The van der Waals surface area contributed by atoms with Crippen molar-refractivity contribution in [3.63, 3.8) is 0 Å². The predicted octanol–water partition coefficient (Wildman–Crippen LogP) is 3.64. The van der Waals surface area contributed by atoms with E-state index in [-0.39, 0.29) is 11.5 Å². The molecule has 4 rings (SSSR count). The zero-order valence-electron chi connectivity index (χ0n) is 17.2. The van der Waals surface area contributed by atoms with E-state index in [1.807, 2.05) is 12.1 Å². The molecule has 2 aliphatic rings. The number of benzene rings is 1. The summed E-state index contributed by atoms with van der Waals surface area (Å²) in [5.74, 6) is -2.76. The number of nitrogens with zero attached hydrogens (tertiary/aromatic N) is 1. The van der Waals surface area contributed by atoms with Gasteiger partial charge in [-0.1, -0.05) is 18.2 Å².